The Morgan fingerprint density at radius 1 is 0.508 bits per heavy atom. The summed E-state index contributed by atoms with van der Waals surface area (Å²) in [7, 11) is -4.63. The number of rotatable bonds is 44. The minimum atomic E-state index is -4.63. The Kier molecular flexibility index (Phi) is 42.5. The van der Waals surface area contributed by atoms with Crippen LogP contribution in [-0.2, 0) is 32.7 Å². The second-order valence-electron chi connectivity index (χ2n) is 15.8. The first kappa shape index (κ1) is 56.9. The van der Waals surface area contributed by atoms with Crippen LogP contribution in [0.25, 0.3) is 0 Å². The number of ether oxygens (including phenoxy) is 2. The quantitative estimate of drug-likeness (QED) is 0.0234. The highest BCUT2D eigenvalue weighted by atomic mass is 31.2. The minimum Gasteiger partial charge on any atom is -0.462 e. The van der Waals surface area contributed by atoms with Gasteiger partial charge >= 0.3 is 19.8 Å². The number of carbonyl (C=O) groups excluding carboxylic acids is 2. The van der Waals surface area contributed by atoms with Gasteiger partial charge in [0.25, 0.3) is 0 Å². The third-order valence-corrected chi connectivity index (χ3v) is 10.9. The lowest BCUT2D eigenvalue weighted by molar-refractivity contribution is -0.161. The van der Waals surface area contributed by atoms with Gasteiger partial charge in [0.15, 0.2) is 6.10 Å². The van der Waals surface area contributed by atoms with E-state index in [1.807, 2.05) is 6.08 Å². The molecule has 0 aromatic rings. The molecule has 0 aliphatic heterocycles. The summed E-state index contributed by atoms with van der Waals surface area (Å²) in [5.41, 5.74) is 0. The summed E-state index contributed by atoms with van der Waals surface area (Å²) in [4.78, 5) is 35.0. The molecular formula is C48H87O10P. The fourth-order valence-corrected chi connectivity index (χ4v) is 7.13. The lowest BCUT2D eigenvalue weighted by atomic mass is 10.0. The Bertz CT molecular complexity index is 1120. The van der Waals surface area contributed by atoms with Crippen molar-refractivity contribution in [2.75, 3.05) is 26.4 Å². The molecule has 10 nitrogen and oxygen atoms in total. The van der Waals surface area contributed by atoms with Crippen LogP contribution in [0.15, 0.2) is 48.6 Å². The fraction of sp³-hybridized carbons (Fsp3) is 0.792. The number of unbranched alkanes of at least 4 members (excludes halogenated alkanes) is 22. The van der Waals surface area contributed by atoms with Gasteiger partial charge in [-0.2, -0.15) is 0 Å². The molecule has 0 fully saturated rings. The molecule has 59 heavy (non-hydrogen) atoms. The highest BCUT2D eigenvalue weighted by Gasteiger charge is 2.27. The number of hydrogen-bond donors (Lipinski definition) is 3. The highest BCUT2D eigenvalue weighted by Crippen LogP contribution is 2.43. The molecule has 0 aromatic carbocycles. The lowest BCUT2D eigenvalue weighted by Crippen LogP contribution is -2.29. The van der Waals surface area contributed by atoms with Gasteiger partial charge in [0, 0.05) is 12.8 Å². The van der Waals surface area contributed by atoms with Crippen LogP contribution in [0.4, 0.5) is 0 Å². The van der Waals surface area contributed by atoms with Crippen molar-refractivity contribution in [3.63, 3.8) is 0 Å². The molecule has 0 radical (unpaired) electrons. The number of hydrogen-bond acceptors (Lipinski definition) is 9. The van der Waals surface area contributed by atoms with Crippen LogP contribution >= 0.6 is 7.82 Å². The summed E-state index contributed by atoms with van der Waals surface area (Å²) in [6.45, 7) is 2.33. The van der Waals surface area contributed by atoms with Gasteiger partial charge in [0.1, 0.15) is 12.7 Å². The van der Waals surface area contributed by atoms with Gasteiger partial charge < -0.3 is 24.6 Å². The van der Waals surface area contributed by atoms with Gasteiger partial charge in [-0.1, -0.05) is 191 Å². The highest BCUT2D eigenvalue weighted by molar-refractivity contribution is 7.47. The number of phosphoric ester groups is 1. The van der Waals surface area contributed by atoms with Crippen molar-refractivity contribution in [1.82, 2.24) is 0 Å². The molecule has 0 aliphatic carbocycles. The fourth-order valence-electron chi connectivity index (χ4n) is 6.34. The van der Waals surface area contributed by atoms with Gasteiger partial charge in [-0.25, -0.2) is 4.57 Å². The lowest BCUT2D eigenvalue weighted by Gasteiger charge is -2.20. The molecule has 0 spiro atoms. The van der Waals surface area contributed by atoms with Crippen LogP contribution < -0.4 is 0 Å². The van der Waals surface area contributed by atoms with Crippen molar-refractivity contribution in [2.45, 2.75) is 219 Å². The van der Waals surface area contributed by atoms with E-state index in [-0.39, 0.29) is 19.4 Å². The molecule has 11 heteroatoms. The first-order valence-electron chi connectivity index (χ1n) is 23.6. The van der Waals surface area contributed by atoms with Gasteiger partial charge in [-0.15, -0.1) is 0 Å². The van der Waals surface area contributed by atoms with E-state index in [0.717, 1.165) is 38.5 Å². The molecule has 344 valence electrons. The molecule has 0 saturated heterocycles. The normalized spacial score (nSPS) is 14.2. The van der Waals surface area contributed by atoms with Crippen LogP contribution in [0, 0.1) is 0 Å². The average Bonchev–Trinajstić information content (AvgIpc) is 3.22. The zero-order chi connectivity index (χ0) is 43.3. The van der Waals surface area contributed by atoms with E-state index >= 15 is 0 Å². The maximum Gasteiger partial charge on any atom is 0.472 e. The SMILES string of the molecule is CCCCCCCCC/C=C/C/C=C/C/C=C/C/C=C/CCCC(=O)OC[C@@H](COP(=O)(O)OC[C@H](O)CO)OC(=O)CCCCCCCCCCCCCCCCC. The molecule has 0 aromatic heterocycles. The van der Waals surface area contributed by atoms with Crippen molar-refractivity contribution in [3.8, 4) is 0 Å². The van der Waals surface area contributed by atoms with E-state index in [1.165, 1.54) is 122 Å². The number of aliphatic hydroxyl groups is 2. The summed E-state index contributed by atoms with van der Waals surface area (Å²) in [5, 5.41) is 18.4. The first-order chi connectivity index (χ1) is 28.7. The Labute approximate surface area is 360 Å². The maximum atomic E-state index is 12.6. The Morgan fingerprint density at radius 2 is 0.898 bits per heavy atom. The van der Waals surface area contributed by atoms with Crippen LogP contribution in [0.3, 0.4) is 0 Å². The van der Waals surface area contributed by atoms with E-state index in [2.05, 4.69) is 56.4 Å². The summed E-state index contributed by atoms with van der Waals surface area (Å²) >= 11 is 0. The number of allylic oxidation sites excluding steroid dienone is 8. The van der Waals surface area contributed by atoms with Crippen molar-refractivity contribution < 1.29 is 47.8 Å². The standard InChI is InChI=1S/C48H87O10P/c1-3-5-7-9-11-13-15-17-19-20-21-22-23-24-26-27-29-31-33-35-37-39-47(51)55-43-46(44-57-59(53,54)56-42-45(50)41-49)58-48(52)40-38-36-34-32-30-28-25-18-16-14-12-10-8-6-4-2/h19-20,22-23,26-27,31,33,45-46,49-50H,3-18,21,24-25,28-30,32,34-44H2,1-2H3,(H,53,54)/b20-19+,23-22+,27-26+,33-31+/t45-,46+/m1/s1. The molecule has 0 amide bonds. The average molecular weight is 855 g/mol. The van der Waals surface area contributed by atoms with Gasteiger partial charge in [0.2, 0.25) is 0 Å². The van der Waals surface area contributed by atoms with Gasteiger partial charge in [-0.05, 0) is 51.4 Å². The summed E-state index contributed by atoms with van der Waals surface area (Å²) in [5.74, 6) is -0.985. The van der Waals surface area contributed by atoms with E-state index in [9.17, 15) is 24.2 Å². The van der Waals surface area contributed by atoms with Gasteiger partial charge in [-0.3, -0.25) is 18.6 Å². The van der Waals surface area contributed by atoms with E-state index < -0.39 is 51.8 Å². The molecular weight excluding hydrogens is 767 g/mol. The predicted molar refractivity (Wildman–Crippen MR) is 242 cm³/mol. The topological polar surface area (TPSA) is 149 Å². The van der Waals surface area contributed by atoms with Crippen molar-refractivity contribution >= 4 is 19.8 Å². The van der Waals surface area contributed by atoms with Crippen LogP contribution in [0.1, 0.15) is 206 Å². The number of phosphoric acid groups is 1. The number of carbonyl (C=O) groups is 2. The maximum absolute atomic E-state index is 12.6. The monoisotopic (exact) mass is 855 g/mol. The van der Waals surface area contributed by atoms with Crippen LogP contribution in [-0.4, -0.2) is 65.7 Å². The molecule has 0 rings (SSSR count). The molecule has 0 saturated carbocycles. The van der Waals surface area contributed by atoms with Crippen LogP contribution in [0.5, 0.6) is 0 Å². The molecule has 0 bridgehead atoms. The van der Waals surface area contributed by atoms with E-state index in [0.29, 0.717) is 19.3 Å². The molecule has 0 aliphatic rings. The Balaban J connectivity index is 4.32. The first-order valence-corrected chi connectivity index (χ1v) is 25.1. The third-order valence-electron chi connectivity index (χ3n) is 9.99. The van der Waals surface area contributed by atoms with Crippen molar-refractivity contribution in [1.29, 1.82) is 0 Å². The van der Waals surface area contributed by atoms with Gasteiger partial charge in [0.05, 0.1) is 19.8 Å². The summed E-state index contributed by atoms with van der Waals surface area (Å²) < 4.78 is 32.7. The number of esters is 2. The van der Waals surface area contributed by atoms with E-state index in [1.54, 1.807) is 0 Å². The zero-order valence-electron chi connectivity index (χ0n) is 37.5. The predicted octanol–water partition coefficient (Wildman–Crippen LogP) is 12.9. The second-order valence-corrected chi connectivity index (χ2v) is 17.2. The second kappa shape index (κ2) is 44.0. The Morgan fingerprint density at radius 3 is 1.37 bits per heavy atom. The molecule has 0 heterocycles. The molecule has 1 unspecified atom stereocenters. The van der Waals surface area contributed by atoms with Crippen LogP contribution in [0.2, 0.25) is 0 Å². The van der Waals surface area contributed by atoms with Crippen molar-refractivity contribution in [2.24, 2.45) is 0 Å². The minimum absolute atomic E-state index is 0.166. The summed E-state index contributed by atoms with van der Waals surface area (Å²) in [6, 6.07) is 0. The van der Waals surface area contributed by atoms with Crippen molar-refractivity contribution in [3.05, 3.63) is 48.6 Å². The molecule has 3 atom stereocenters. The number of aliphatic hydroxyl groups excluding tert-OH is 2. The largest absolute Gasteiger partial charge is 0.472 e. The molecule has 3 N–H and O–H groups in total. The van der Waals surface area contributed by atoms with E-state index in [4.69, 9.17) is 23.6 Å². The zero-order valence-corrected chi connectivity index (χ0v) is 38.4. The smallest absolute Gasteiger partial charge is 0.462 e. The summed E-state index contributed by atoms with van der Waals surface area (Å²) in [6.07, 6.45) is 48.0. The third kappa shape index (κ3) is 43.8. The Hall–Kier alpha value is -2.07.